The summed E-state index contributed by atoms with van der Waals surface area (Å²) in [4.78, 5) is 32.9. The quantitative estimate of drug-likeness (QED) is 0.499. The minimum Gasteiger partial charge on any atom is -0.480 e. The molecule has 7 heteroatoms. The number of carbonyl (C=O) groups is 3. The number of rotatable bonds is 10. The second kappa shape index (κ2) is 9.76. The number of aliphatic carboxylic acids is 1. The molecule has 0 bridgehead atoms. The molecule has 4 N–H and O–H groups in total. The van der Waals surface area contributed by atoms with E-state index in [2.05, 4.69) is 12.2 Å². The highest BCUT2D eigenvalue weighted by Crippen LogP contribution is 2.04. The highest BCUT2D eigenvalue weighted by molar-refractivity contribution is 7.99. The summed E-state index contributed by atoms with van der Waals surface area (Å²) in [7, 11) is 0. The number of nitrogens with two attached hydrogens (primary N) is 1. The van der Waals surface area contributed by atoms with Crippen molar-refractivity contribution < 1.29 is 19.5 Å². The van der Waals surface area contributed by atoms with Gasteiger partial charge in [0.25, 0.3) is 0 Å². The van der Waals surface area contributed by atoms with Gasteiger partial charge in [-0.25, -0.2) is 4.79 Å². The lowest BCUT2D eigenvalue weighted by molar-refractivity contribution is -0.141. The van der Waals surface area contributed by atoms with Crippen molar-refractivity contribution in [2.75, 3.05) is 11.5 Å². The van der Waals surface area contributed by atoms with Crippen molar-refractivity contribution in [3.8, 4) is 0 Å². The molecule has 2 amide bonds. The number of primary amides is 1. The summed E-state index contributed by atoms with van der Waals surface area (Å²) < 4.78 is 0. The van der Waals surface area contributed by atoms with Crippen LogP contribution in [0.15, 0.2) is 0 Å². The second-order valence-electron chi connectivity index (χ2n) is 3.87. The molecule has 0 aliphatic rings. The van der Waals surface area contributed by atoms with Crippen LogP contribution in [-0.4, -0.2) is 40.4 Å². The fourth-order valence-corrected chi connectivity index (χ4v) is 2.10. The Morgan fingerprint density at radius 2 is 2.06 bits per heavy atom. The van der Waals surface area contributed by atoms with E-state index in [1.807, 2.05) is 0 Å². The molecule has 0 aromatic heterocycles. The van der Waals surface area contributed by atoms with Gasteiger partial charge in [0.05, 0.1) is 5.75 Å². The van der Waals surface area contributed by atoms with Gasteiger partial charge in [0.1, 0.15) is 6.04 Å². The van der Waals surface area contributed by atoms with E-state index in [1.165, 1.54) is 11.8 Å². The highest BCUT2D eigenvalue weighted by atomic mass is 32.2. The number of hydrogen-bond donors (Lipinski definition) is 3. The zero-order chi connectivity index (χ0) is 14.0. The van der Waals surface area contributed by atoms with Gasteiger partial charge in [-0.1, -0.05) is 13.3 Å². The Labute approximate surface area is 111 Å². The molecule has 104 valence electrons. The largest absolute Gasteiger partial charge is 0.480 e. The van der Waals surface area contributed by atoms with E-state index in [4.69, 9.17) is 10.8 Å². The number of thioether (sulfide) groups is 1. The lowest BCUT2D eigenvalue weighted by Gasteiger charge is -2.13. The van der Waals surface area contributed by atoms with Gasteiger partial charge in [-0.3, -0.25) is 9.59 Å². The van der Waals surface area contributed by atoms with Crippen LogP contribution >= 0.6 is 11.8 Å². The first-order chi connectivity index (χ1) is 8.47. The van der Waals surface area contributed by atoms with Crippen molar-refractivity contribution >= 4 is 29.5 Å². The number of carboxylic acids is 1. The van der Waals surface area contributed by atoms with Gasteiger partial charge in [-0.05, 0) is 18.6 Å². The van der Waals surface area contributed by atoms with E-state index in [0.29, 0.717) is 0 Å². The van der Waals surface area contributed by atoms with Crippen LogP contribution in [0.1, 0.15) is 32.6 Å². The van der Waals surface area contributed by atoms with Crippen LogP contribution in [0.25, 0.3) is 0 Å². The molecular weight excluding hydrogens is 256 g/mol. The molecule has 1 atom stereocenters. The van der Waals surface area contributed by atoms with Gasteiger partial charge in [-0.2, -0.15) is 11.8 Å². The SMILES string of the molecule is CCCCSCC(=O)NC(CCC(N)=O)C(=O)O. The number of nitrogens with one attached hydrogen (secondary N) is 1. The van der Waals surface area contributed by atoms with Crippen LogP contribution in [0, 0.1) is 0 Å². The van der Waals surface area contributed by atoms with Gasteiger partial charge in [0, 0.05) is 6.42 Å². The molecular formula is C11H20N2O4S. The van der Waals surface area contributed by atoms with Crippen LogP contribution in [0.3, 0.4) is 0 Å². The lowest BCUT2D eigenvalue weighted by Crippen LogP contribution is -2.42. The predicted molar refractivity (Wildman–Crippen MR) is 70.2 cm³/mol. The number of unbranched alkanes of at least 4 members (excludes halogenated alkanes) is 1. The predicted octanol–water partition coefficient (Wildman–Crippen LogP) is 0.355. The third kappa shape index (κ3) is 8.86. The Morgan fingerprint density at radius 1 is 1.39 bits per heavy atom. The highest BCUT2D eigenvalue weighted by Gasteiger charge is 2.20. The molecule has 0 aliphatic heterocycles. The summed E-state index contributed by atoms with van der Waals surface area (Å²) in [6.45, 7) is 2.06. The number of carbonyl (C=O) groups excluding carboxylic acids is 2. The molecule has 18 heavy (non-hydrogen) atoms. The smallest absolute Gasteiger partial charge is 0.326 e. The van der Waals surface area contributed by atoms with Gasteiger partial charge in [0.2, 0.25) is 11.8 Å². The summed E-state index contributed by atoms with van der Waals surface area (Å²) >= 11 is 1.47. The molecule has 0 aromatic rings. The van der Waals surface area contributed by atoms with Gasteiger partial charge >= 0.3 is 5.97 Å². The summed E-state index contributed by atoms with van der Waals surface area (Å²) in [5, 5.41) is 11.3. The summed E-state index contributed by atoms with van der Waals surface area (Å²) in [6.07, 6.45) is 2.06. The first-order valence-corrected chi connectivity index (χ1v) is 7.01. The average molecular weight is 276 g/mol. The van der Waals surface area contributed by atoms with Crippen molar-refractivity contribution in [2.24, 2.45) is 5.73 Å². The van der Waals surface area contributed by atoms with Gasteiger partial charge in [0.15, 0.2) is 0 Å². The van der Waals surface area contributed by atoms with Crippen molar-refractivity contribution in [3.63, 3.8) is 0 Å². The fourth-order valence-electron chi connectivity index (χ4n) is 1.19. The molecule has 0 aromatic carbocycles. The van der Waals surface area contributed by atoms with Crippen molar-refractivity contribution in [2.45, 2.75) is 38.6 Å². The Kier molecular flexibility index (Phi) is 9.08. The Morgan fingerprint density at radius 3 is 2.56 bits per heavy atom. The third-order valence-electron chi connectivity index (χ3n) is 2.19. The van der Waals surface area contributed by atoms with Crippen molar-refractivity contribution in [3.05, 3.63) is 0 Å². The topological polar surface area (TPSA) is 109 Å². The maximum atomic E-state index is 11.5. The number of amides is 2. The Bertz CT molecular complexity index is 297. The lowest BCUT2D eigenvalue weighted by atomic mass is 10.1. The van der Waals surface area contributed by atoms with E-state index >= 15 is 0 Å². The fraction of sp³-hybridized carbons (Fsp3) is 0.727. The van der Waals surface area contributed by atoms with Crippen LogP contribution in [0.5, 0.6) is 0 Å². The van der Waals surface area contributed by atoms with E-state index in [-0.39, 0.29) is 24.5 Å². The van der Waals surface area contributed by atoms with Crippen molar-refractivity contribution in [1.29, 1.82) is 0 Å². The van der Waals surface area contributed by atoms with Crippen LogP contribution < -0.4 is 11.1 Å². The molecule has 0 fully saturated rings. The Balaban J connectivity index is 3.96. The van der Waals surface area contributed by atoms with Gasteiger partial charge in [-0.15, -0.1) is 0 Å². The first-order valence-electron chi connectivity index (χ1n) is 5.85. The number of carboxylic acid groups (broad SMARTS) is 1. The third-order valence-corrected chi connectivity index (χ3v) is 3.23. The number of hydrogen-bond acceptors (Lipinski definition) is 4. The van der Waals surface area contributed by atoms with E-state index in [9.17, 15) is 14.4 Å². The zero-order valence-electron chi connectivity index (χ0n) is 10.5. The second-order valence-corrected chi connectivity index (χ2v) is 4.97. The molecule has 6 nitrogen and oxygen atoms in total. The molecule has 0 radical (unpaired) electrons. The Hall–Kier alpha value is -1.24. The minimum absolute atomic E-state index is 0.0238. The minimum atomic E-state index is -1.15. The molecule has 0 saturated heterocycles. The molecule has 0 heterocycles. The zero-order valence-corrected chi connectivity index (χ0v) is 11.3. The standard InChI is InChI=1S/C11H20N2O4S/c1-2-3-6-18-7-10(15)13-8(11(16)17)4-5-9(12)14/h8H,2-7H2,1H3,(H2,12,14)(H,13,15)(H,16,17). The first kappa shape index (κ1) is 16.8. The van der Waals surface area contributed by atoms with E-state index in [1.54, 1.807) is 0 Å². The van der Waals surface area contributed by atoms with Crippen molar-refractivity contribution in [1.82, 2.24) is 5.32 Å². The summed E-state index contributed by atoms with van der Waals surface area (Å²) in [6, 6.07) is -1.04. The monoisotopic (exact) mass is 276 g/mol. The van der Waals surface area contributed by atoms with E-state index < -0.39 is 17.9 Å². The molecule has 0 rings (SSSR count). The van der Waals surface area contributed by atoms with Crippen LogP contribution in [-0.2, 0) is 14.4 Å². The van der Waals surface area contributed by atoms with E-state index in [0.717, 1.165) is 18.6 Å². The normalized spacial score (nSPS) is 11.8. The molecule has 0 saturated carbocycles. The molecule has 0 aliphatic carbocycles. The van der Waals surface area contributed by atoms with Gasteiger partial charge < -0.3 is 16.2 Å². The van der Waals surface area contributed by atoms with Crippen LogP contribution in [0.2, 0.25) is 0 Å². The summed E-state index contributed by atoms with van der Waals surface area (Å²) in [5.74, 6) is -0.938. The van der Waals surface area contributed by atoms with Crippen LogP contribution in [0.4, 0.5) is 0 Å². The maximum Gasteiger partial charge on any atom is 0.326 e. The molecule has 0 spiro atoms. The maximum absolute atomic E-state index is 11.5. The average Bonchev–Trinajstić information content (AvgIpc) is 2.29. The summed E-state index contributed by atoms with van der Waals surface area (Å²) in [5.41, 5.74) is 4.94. The molecule has 1 unspecified atom stereocenters.